The minimum atomic E-state index is 0.644. The van der Waals surface area contributed by atoms with Crippen molar-refractivity contribution in [1.82, 2.24) is 0 Å². The highest BCUT2D eigenvalue weighted by Gasteiger charge is 2.19. The molecule has 0 spiro atoms. The van der Waals surface area contributed by atoms with Crippen molar-refractivity contribution in [2.24, 2.45) is 0 Å². The Labute approximate surface area is 108 Å². The fourth-order valence-corrected chi connectivity index (χ4v) is 2.39. The molecule has 1 nitrogen and oxygen atoms in total. The summed E-state index contributed by atoms with van der Waals surface area (Å²) < 4.78 is 5.78. The Morgan fingerprint density at radius 2 is 1.67 bits per heavy atom. The molecular weight excluding hydrogens is 220 g/mol. The monoisotopic (exact) mass is 235 g/mol. The summed E-state index contributed by atoms with van der Waals surface area (Å²) in [5.74, 6) is 0.966. The lowest BCUT2D eigenvalue weighted by molar-refractivity contribution is 0.343. The van der Waals surface area contributed by atoms with Crippen molar-refractivity contribution in [2.75, 3.05) is 6.61 Å². The lowest BCUT2D eigenvalue weighted by Crippen LogP contribution is -2.11. The summed E-state index contributed by atoms with van der Waals surface area (Å²) in [6, 6.07) is 18.7. The summed E-state index contributed by atoms with van der Waals surface area (Å²) in [4.78, 5) is 0. The summed E-state index contributed by atoms with van der Waals surface area (Å²) in [6.07, 6.45) is 0.776. The Morgan fingerprint density at radius 1 is 0.944 bits per heavy atom. The molecule has 0 saturated heterocycles. The summed E-state index contributed by atoms with van der Waals surface area (Å²) in [7, 11) is 0. The number of hydrogen-bond acceptors (Lipinski definition) is 1. The molecule has 0 saturated carbocycles. The lowest BCUT2D eigenvalue weighted by Gasteiger charge is -2.24. The van der Waals surface area contributed by atoms with E-state index < -0.39 is 0 Å². The van der Waals surface area contributed by atoms with E-state index in [9.17, 15) is 0 Å². The van der Waals surface area contributed by atoms with Gasteiger partial charge in [-0.25, -0.2) is 0 Å². The van der Waals surface area contributed by atoms with Gasteiger partial charge in [0.2, 0.25) is 0 Å². The molecule has 0 aromatic heterocycles. The van der Waals surface area contributed by atoms with E-state index in [1.54, 1.807) is 0 Å². The molecule has 1 heterocycles. The van der Waals surface area contributed by atoms with Crippen molar-refractivity contribution >= 4 is 5.57 Å². The summed E-state index contributed by atoms with van der Waals surface area (Å²) in [5.41, 5.74) is 4.97. The smallest absolute Gasteiger partial charge is 0.127 e. The Balaban J connectivity index is 2.22. The average Bonchev–Trinajstić information content (AvgIpc) is 2.47. The number of para-hydroxylation sites is 1. The topological polar surface area (TPSA) is 9.23 Å². The van der Waals surface area contributed by atoms with Gasteiger partial charge in [0.25, 0.3) is 0 Å². The molecule has 1 radical (unpaired) electrons. The van der Waals surface area contributed by atoms with Crippen LogP contribution in [-0.2, 0) is 0 Å². The van der Waals surface area contributed by atoms with Crippen LogP contribution in [0.25, 0.3) is 5.57 Å². The van der Waals surface area contributed by atoms with E-state index in [1.165, 1.54) is 22.3 Å². The Hall–Kier alpha value is -2.02. The first-order chi connectivity index (χ1) is 8.90. The van der Waals surface area contributed by atoms with Crippen LogP contribution in [0.2, 0.25) is 0 Å². The fraction of sp³-hybridized carbons (Fsp3) is 0.118. The van der Waals surface area contributed by atoms with E-state index in [0.717, 1.165) is 12.2 Å². The van der Waals surface area contributed by atoms with Gasteiger partial charge in [0.15, 0.2) is 0 Å². The second-order valence-corrected chi connectivity index (χ2v) is 4.38. The number of hydrogen-bond donors (Lipinski definition) is 0. The van der Waals surface area contributed by atoms with Gasteiger partial charge >= 0.3 is 0 Å². The molecule has 89 valence electrons. The third kappa shape index (κ3) is 1.82. The van der Waals surface area contributed by atoms with Crippen LogP contribution in [0, 0.1) is 6.92 Å². The molecule has 1 aliphatic rings. The molecule has 2 aromatic carbocycles. The first-order valence-corrected chi connectivity index (χ1v) is 6.19. The van der Waals surface area contributed by atoms with Crippen LogP contribution in [0.3, 0.4) is 0 Å². The van der Waals surface area contributed by atoms with Crippen molar-refractivity contribution in [1.29, 1.82) is 0 Å². The molecule has 0 fully saturated rings. The van der Waals surface area contributed by atoms with Crippen LogP contribution in [-0.4, -0.2) is 6.61 Å². The zero-order valence-electron chi connectivity index (χ0n) is 10.2. The minimum Gasteiger partial charge on any atom is -0.489 e. The van der Waals surface area contributed by atoms with Crippen molar-refractivity contribution in [3.05, 3.63) is 78.2 Å². The molecule has 0 amide bonds. The maximum absolute atomic E-state index is 5.78. The molecule has 0 N–H and O–H groups in total. The van der Waals surface area contributed by atoms with Gasteiger partial charge in [-0.2, -0.15) is 0 Å². The van der Waals surface area contributed by atoms with Crippen LogP contribution in [0.5, 0.6) is 5.75 Å². The zero-order chi connectivity index (χ0) is 12.4. The SMILES string of the molecule is [CH2]CC1=C(c2ccccc2)c2ccccc2OC1. The molecule has 0 aliphatic carbocycles. The standard InChI is InChI=1S/C17H15O/c1-2-13-12-18-16-11-7-6-10-15(16)17(13)14-8-4-3-5-9-14/h3-11H,1-2,12H2. The minimum absolute atomic E-state index is 0.644. The van der Waals surface area contributed by atoms with Gasteiger partial charge in [-0.1, -0.05) is 48.5 Å². The number of fused-ring (bicyclic) bond motifs is 1. The third-order valence-electron chi connectivity index (χ3n) is 3.28. The van der Waals surface area contributed by atoms with Crippen LogP contribution in [0.4, 0.5) is 0 Å². The van der Waals surface area contributed by atoms with Gasteiger partial charge in [0, 0.05) is 5.56 Å². The van der Waals surface area contributed by atoms with E-state index in [1.807, 2.05) is 18.2 Å². The Bertz CT molecular complexity index is 582. The molecule has 3 rings (SSSR count). The van der Waals surface area contributed by atoms with E-state index in [0.29, 0.717) is 6.61 Å². The third-order valence-corrected chi connectivity index (χ3v) is 3.28. The average molecular weight is 235 g/mol. The van der Waals surface area contributed by atoms with Crippen LogP contribution >= 0.6 is 0 Å². The highest BCUT2D eigenvalue weighted by atomic mass is 16.5. The Kier molecular flexibility index (Phi) is 2.89. The fourth-order valence-electron chi connectivity index (χ4n) is 2.39. The number of benzene rings is 2. The van der Waals surface area contributed by atoms with Gasteiger partial charge in [-0.05, 0) is 36.1 Å². The van der Waals surface area contributed by atoms with Crippen molar-refractivity contribution in [2.45, 2.75) is 6.42 Å². The van der Waals surface area contributed by atoms with Crippen LogP contribution < -0.4 is 4.74 Å². The lowest BCUT2D eigenvalue weighted by atomic mass is 9.90. The first kappa shape index (κ1) is 11.1. The van der Waals surface area contributed by atoms with E-state index >= 15 is 0 Å². The molecule has 2 aromatic rings. The maximum Gasteiger partial charge on any atom is 0.127 e. The maximum atomic E-state index is 5.78. The second-order valence-electron chi connectivity index (χ2n) is 4.38. The van der Waals surface area contributed by atoms with Crippen LogP contribution in [0.1, 0.15) is 17.5 Å². The summed E-state index contributed by atoms with van der Waals surface area (Å²) >= 11 is 0. The molecule has 1 aliphatic heterocycles. The highest BCUT2D eigenvalue weighted by molar-refractivity contribution is 5.86. The molecule has 0 atom stereocenters. The summed E-state index contributed by atoms with van der Waals surface area (Å²) in [6.45, 7) is 4.66. The molecule has 0 bridgehead atoms. The van der Waals surface area contributed by atoms with Crippen molar-refractivity contribution in [3.63, 3.8) is 0 Å². The second kappa shape index (κ2) is 4.69. The van der Waals surface area contributed by atoms with Crippen molar-refractivity contribution in [3.8, 4) is 5.75 Å². The van der Waals surface area contributed by atoms with Crippen LogP contribution in [0.15, 0.2) is 60.2 Å². The van der Waals surface area contributed by atoms with E-state index in [2.05, 4.69) is 43.3 Å². The normalized spacial score (nSPS) is 14.1. The van der Waals surface area contributed by atoms with E-state index in [4.69, 9.17) is 4.74 Å². The van der Waals surface area contributed by atoms with Gasteiger partial charge in [-0.15, -0.1) is 0 Å². The van der Waals surface area contributed by atoms with E-state index in [-0.39, 0.29) is 0 Å². The number of ether oxygens (including phenoxy) is 1. The molecule has 18 heavy (non-hydrogen) atoms. The quantitative estimate of drug-likeness (QED) is 0.761. The number of rotatable bonds is 2. The molecule has 0 unspecified atom stereocenters. The predicted octanol–water partition coefficient (Wildman–Crippen LogP) is 4.11. The molecular formula is C17H15O. The zero-order valence-corrected chi connectivity index (χ0v) is 10.2. The summed E-state index contributed by atoms with van der Waals surface area (Å²) in [5, 5.41) is 0. The largest absolute Gasteiger partial charge is 0.489 e. The van der Waals surface area contributed by atoms with Gasteiger partial charge in [0.1, 0.15) is 12.4 Å². The Morgan fingerprint density at radius 3 is 2.44 bits per heavy atom. The molecule has 1 heteroatoms. The van der Waals surface area contributed by atoms with Gasteiger partial charge in [0.05, 0.1) is 0 Å². The predicted molar refractivity (Wildman–Crippen MR) is 74.4 cm³/mol. The first-order valence-electron chi connectivity index (χ1n) is 6.19. The van der Waals surface area contributed by atoms with Crippen molar-refractivity contribution < 1.29 is 4.74 Å². The highest BCUT2D eigenvalue weighted by Crippen LogP contribution is 2.37. The van der Waals surface area contributed by atoms with Gasteiger partial charge in [-0.3, -0.25) is 0 Å². The van der Waals surface area contributed by atoms with Gasteiger partial charge < -0.3 is 4.74 Å².